The fourth-order valence-electron chi connectivity index (χ4n) is 2.67. The summed E-state index contributed by atoms with van der Waals surface area (Å²) in [6.07, 6.45) is 3.86. The van der Waals surface area contributed by atoms with Crippen LogP contribution >= 0.6 is 0 Å². The highest BCUT2D eigenvalue weighted by molar-refractivity contribution is 5.73. The summed E-state index contributed by atoms with van der Waals surface area (Å²) in [6, 6.07) is 0. The summed E-state index contributed by atoms with van der Waals surface area (Å²) in [6.45, 7) is 7.52. The van der Waals surface area contributed by atoms with Crippen molar-refractivity contribution in [2.24, 2.45) is 11.1 Å². The molecule has 1 saturated carbocycles. The van der Waals surface area contributed by atoms with Crippen LogP contribution in [0.3, 0.4) is 0 Å². The summed E-state index contributed by atoms with van der Waals surface area (Å²) in [4.78, 5) is 15.6. The summed E-state index contributed by atoms with van der Waals surface area (Å²) < 4.78 is 0. The molecule has 0 spiro atoms. The lowest BCUT2D eigenvalue weighted by Crippen LogP contribution is -2.49. The Balaban J connectivity index is 1.75. The standard InChI is InChI=1S/C12H23N3O/c1-11(16)15-8-6-14(7-9-15)10-12(2-3-12)4-5-13/h2-10,13H2,1H3. The molecule has 4 nitrogen and oxygen atoms in total. The van der Waals surface area contributed by atoms with E-state index in [4.69, 9.17) is 5.73 Å². The Labute approximate surface area is 97.8 Å². The van der Waals surface area contributed by atoms with Gasteiger partial charge in [0.25, 0.3) is 0 Å². The molecule has 0 atom stereocenters. The maximum absolute atomic E-state index is 11.2. The number of nitrogens with two attached hydrogens (primary N) is 1. The first-order valence-corrected chi connectivity index (χ1v) is 6.33. The van der Waals surface area contributed by atoms with Gasteiger partial charge in [0.2, 0.25) is 5.91 Å². The van der Waals surface area contributed by atoms with Crippen LogP contribution in [0.5, 0.6) is 0 Å². The molecule has 2 rings (SSSR count). The lowest BCUT2D eigenvalue weighted by molar-refractivity contribution is -0.130. The first-order chi connectivity index (χ1) is 7.65. The average Bonchev–Trinajstić information content (AvgIpc) is 2.99. The van der Waals surface area contributed by atoms with Crippen LogP contribution in [0.2, 0.25) is 0 Å². The molecule has 2 aliphatic rings. The summed E-state index contributed by atoms with van der Waals surface area (Å²) >= 11 is 0. The molecule has 1 aliphatic carbocycles. The molecule has 0 radical (unpaired) electrons. The third-order valence-electron chi connectivity index (χ3n) is 4.01. The van der Waals surface area contributed by atoms with Gasteiger partial charge >= 0.3 is 0 Å². The first-order valence-electron chi connectivity index (χ1n) is 6.33. The molecule has 0 aromatic carbocycles. The van der Waals surface area contributed by atoms with Gasteiger partial charge in [-0.1, -0.05) is 0 Å². The van der Waals surface area contributed by atoms with Gasteiger partial charge in [-0.3, -0.25) is 9.69 Å². The van der Waals surface area contributed by atoms with Crippen molar-refractivity contribution in [2.75, 3.05) is 39.3 Å². The Bertz CT molecular complexity index is 255. The number of nitrogens with zero attached hydrogens (tertiary/aromatic N) is 2. The molecule has 1 heterocycles. The summed E-state index contributed by atoms with van der Waals surface area (Å²) in [5, 5.41) is 0. The van der Waals surface area contributed by atoms with Gasteiger partial charge in [-0.2, -0.15) is 0 Å². The van der Waals surface area contributed by atoms with Crippen molar-refractivity contribution in [1.82, 2.24) is 9.80 Å². The fraction of sp³-hybridized carbons (Fsp3) is 0.917. The molecule has 2 N–H and O–H groups in total. The van der Waals surface area contributed by atoms with E-state index < -0.39 is 0 Å². The van der Waals surface area contributed by atoms with Gasteiger partial charge in [-0.05, 0) is 31.2 Å². The van der Waals surface area contributed by atoms with Gasteiger partial charge in [0, 0.05) is 39.6 Å². The van der Waals surface area contributed by atoms with Crippen LogP contribution in [0.15, 0.2) is 0 Å². The monoisotopic (exact) mass is 225 g/mol. The average molecular weight is 225 g/mol. The van der Waals surface area contributed by atoms with Gasteiger partial charge in [0.05, 0.1) is 0 Å². The molecule has 4 heteroatoms. The van der Waals surface area contributed by atoms with Gasteiger partial charge in [-0.25, -0.2) is 0 Å². The second-order valence-corrected chi connectivity index (χ2v) is 5.32. The van der Waals surface area contributed by atoms with Crippen molar-refractivity contribution in [3.63, 3.8) is 0 Å². The molecular formula is C12H23N3O. The molecule has 0 bridgehead atoms. The van der Waals surface area contributed by atoms with Crippen LogP contribution in [0.1, 0.15) is 26.2 Å². The van der Waals surface area contributed by atoms with Crippen LogP contribution < -0.4 is 5.73 Å². The van der Waals surface area contributed by atoms with E-state index in [0.717, 1.165) is 32.7 Å². The Kier molecular flexibility index (Phi) is 3.50. The number of hydrogen-bond donors (Lipinski definition) is 1. The predicted octanol–water partition coefficient (Wildman–Crippen LogP) is 0.280. The lowest BCUT2D eigenvalue weighted by atomic mass is 10.0. The molecule has 1 amide bonds. The number of hydrogen-bond acceptors (Lipinski definition) is 3. The largest absolute Gasteiger partial charge is 0.340 e. The van der Waals surface area contributed by atoms with E-state index in [0.29, 0.717) is 5.41 Å². The maximum Gasteiger partial charge on any atom is 0.219 e. The normalized spacial score (nSPS) is 24.5. The molecular weight excluding hydrogens is 202 g/mol. The van der Waals surface area contributed by atoms with E-state index in [1.54, 1.807) is 6.92 Å². The second-order valence-electron chi connectivity index (χ2n) is 5.32. The van der Waals surface area contributed by atoms with Crippen molar-refractivity contribution in [3.8, 4) is 0 Å². The molecule has 1 aliphatic heterocycles. The highest BCUT2D eigenvalue weighted by Gasteiger charge is 2.43. The molecule has 0 aromatic rings. The van der Waals surface area contributed by atoms with E-state index in [9.17, 15) is 4.79 Å². The summed E-state index contributed by atoms with van der Waals surface area (Å²) in [7, 11) is 0. The quantitative estimate of drug-likeness (QED) is 0.747. The van der Waals surface area contributed by atoms with E-state index in [-0.39, 0.29) is 5.91 Å². The van der Waals surface area contributed by atoms with Crippen LogP contribution in [-0.4, -0.2) is 55.0 Å². The third-order valence-corrected chi connectivity index (χ3v) is 4.01. The van der Waals surface area contributed by atoms with Crippen LogP contribution in [0.4, 0.5) is 0 Å². The number of piperazine rings is 1. The Morgan fingerprint density at radius 1 is 1.25 bits per heavy atom. The number of carbonyl (C=O) groups excluding carboxylic acids is 1. The molecule has 1 saturated heterocycles. The number of rotatable bonds is 4. The fourth-order valence-corrected chi connectivity index (χ4v) is 2.67. The molecule has 0 unspecified atom stereocenters. The zero-order chi connectivity index (χ0) is 11.6. The van der Waals surface area contributed by atoms with E-state index >= 15 is 0 Å². The lowest BCUT2D eigenvalue weighted by Gasteiger charge is -2.36. The Morgan fingerprint density at radius 3 is 2.31 bits per heavy atom. The zero-order valence-corrected chi connectivity index (χ0v) is 10.2. The number of carbonyl (C=O) groups is 1. The van der Waals surface area contributed by atoms with E-state index in [1.165, 1.54) is 25.8 Å². The van der Waals surface area contributed by atoms with Crippen molar-refractivity contribution in [3.05, 3.63) is 0 Å². The number of amides is 1. The highest BCUT2D eigenvalue weighted by atomic mass is 16.2. The van der Waals surface area contributed by atoms with Crippen LogP contribution in [0.25, 0.3) is 0 Å². The van der Waals surface area contributed by atoms with E-state index in [1.807, 2.05) is 4.90 Å². The zero-order valence-electron chi connectivity index (χ0n) is 10.2. The highest BCUT2D eigenvalue weighted by Crippen LogP contribution is 2.49. The van der Waals surface area contributed by atoms with Crippen molar-refractivity contribution < 1.29 is 4.79 Å². The smallest absolute Gasteiger partial charge is 0.219 e. The topological polar surface area (TPSA) is 49.6 Å². The molecule has 92 valence electrons. The SMILES string of the molecule is CC(=O)N1CCN(CC2(CCN)CC2)CC1. The van der Waals surface area contributed by atoms with E-state index in [2.05, 4.69) is 4.90 Å². The van der Waals surface area contributed by atoms with Gasteiger partial charge in [0.15, 0.2) is 0 Å². The first kappa shape index (κ1) is 11.9. The Morgan fingerprint density at radius 2 is 1.88 bits per heavy atom. The van der Waals surface area contributed by atoms with Gasteiger partial charge in [-0.15, -0.1) is 0 Å². The van der Waals surface area contributed by atoms with Crippen LogP contribution in [0, 0.1) is 5.41 Å². The molecule has 16 heavy (non-hydrogen) atoms. The minimum Gasteiger partial charge on any atom is -0.340 e. The van der Waals surface area contributed by atoms with Crippen molar-refractivity contribution in [2.45, 2.75) is 26.2 Å². The minimum atomic E-state index is 0.211. The predicted molar refractivity (Wildman–Crippen MR) is 64.0 cm³/mol. The minimum absolute atomic E-state index is 0.211. The molecule has 0 aromatic heterocycles. The maximum atomic E-state index is 11.2. The third kappa shape index (κ3) is 2.74. The van der Waals surface area contributed by atoms with Crippen molar-refractivity contribution in [1.29, 1.82) is 0 Å². The van der Waals surface area contributed by atoms with Crippen molar-refractivity contribution >= 4 is 5.91 Å². The summed E-state index contributed by atoms with van der Waals surface area (Å²) in [5.74, 6) is 0.211. The summed E-state index contributed by atoms with van der Waals surface area (Å²) in [5.41, 5.74) is 6.18. The van der Waals surface area contributed by atoms with Crippen LogP contribution in [-0.2, 0) is 4.79 Å². The second kappa shape index (κ2) is 4.72. The van der Waals surface area contributed by atoms with Gasteiger partial charge < -0.3 is 10.6 Å². The Hall–Kier alpha value is -0.610. The molecule has 2 fully saturated rings. The van der Waals surface area contributed by atoms with Gasteiger partial charge in [0.1, 0.15) is 0 Å².